The number of hydrogen-bond donors (Lipinski definition) is 3. The van der Waals surface area contributed by atoms with Crippen molar-refractivity contribution in [3.8, 4) is 0 Å². The summed E-state index contributed by atoms with van der Waals surface area (Å²) in [6, 6.07) is 0.368. The average Bonchev–Trinajstić information content (AvgIpc) is 3.09. The third-order valence-electron chi connectivity index (χ3n) is 2.64. The molecular formula is C11H14N4O4S. The highest BCUT2D eigenvalue weighted by atomic mass is 32.2. The maximum absolute atomic E-state index is 12.1. The third kappa shape index (κ3) is 3.25. The molecule has 8 nitrogen and oxygen atoms in total. The summed E-state index contributed by atoms with van der Waals surface area (Å²) < 4.78 is 31.1. The van der Waals surface area contributed by atoms with Crippen LogP contribution >= 0.6 is 0 Å². The normalized spacial score (nSPS) is 13.1. The number of ether oxygens (including phenoxy) is 1. The Hall–Kier alpha value is -2.13. The monoisotopic (exact) mass is 298 g/mol. The second kappa shape index (κ2) is 5.88. The lowest BCUT2D eigenvalue weighted by Crippen LogP contribution is -2.42. The molecule has 2 aromatic rings. The Morgan fingerprint density at radius 3 is 2.90 bits per heavy atom. The quantitative estimate of drug-likeness (QED) is 0.638. The molecule has 0 fully saturated rings. The first kappa shape index (κ1) is 14.3. The minimum Gasteiger partial charge on any atom is -0.468 e. The van der Waals surface area contributed by atoms with Gasteiger partial charge in [0, 0.05) is 30.7 Å². The van der Waals surface area contributed by atoms with Crippen LogP contribution in [-0.2, 0) is 26.0 Å². The number of methoxy groups -OCH3 is 1. The summed E-state index contributed by atoms with van der Waals surface area (Å²) in [4.78, 5) is 21.0. The van der Waals surface area contributed by atoms with E-state index in [9.17, 15) is 13.2 Å². The number of rotatable bonds is 6. The van der Waals surface area contributed by atoms with Crippen molar-refractivity contribution >= 4 is 16.0 Å². The minimum absolute atomic E-state index is 0.0519. The van der Waals surface area contributed by atoms with Crippen LogP contribution in [0.5, 0.6) is 0 Å². The summed E-state index contributed by atoms with van der Waals surface area (Å²) in [5.41, 5.74) is 0.622. The predicted molar refractivity (Wildman–Crippen MR) is 69.2 cm³/mol. The van der Waals surface area contributed by atoms with E-state index in [2.05, 4.69) is 24.4 Å². The van der Waals surface area contributed by atoms with Crippen LogP contribution in [0.2, 0.25) is 0 Å². The molecule has 0 aliphatic rings. The summed E-state index contributed by atoms with van der Waals surface area (Å²) in [5, 5.41) is 0. The van der Waals surface area contributed by atoms with Crippen LogP contribution in [0.15, 0.2) is 35.9 Å². The van der Waals surface area contributed by atoms with Gasteiger partial charge in [0.15, 0.2) is 0 Å². The molecule has 0 aliphatic carbocycles. The van der Waals surface area contributed by atoms with E-state index >= 15 is 0 Å². The van der Waals surface area contributed by atoms with Crippen LogP contribution in [0.3, 0.4) is 0 Å². The van der Waals surface area contributed by atoms with Crippen molar-refractivity contribution in [2.75, 3.05) is 7.11 Å². The molecule has 2 heterocycles. The van der Waals surface area contributed by atoms with Gasteiger partial charge in [-0.1, -0.05) is 0 Å². The molecule has 0 saturated carbocycles. The molecular weight excluding hydrogens is 284 g/mol. The van der Waals surface area contributed by atoms with Crippen molar-refractivity contribution in [1.29, 1.82) is 0 Å². The van der Waals surface area contributed by atoms with Gasteiger partial charge >= 0.3 is 5.97 Å². The lowest BCUT2D eigenvalue weighted by atomic mass is 10.2. The zero-order valence-corrected chi connectivity index (χ0v) is 11.5. The lowest BCUT2D eigenvalue weighted by molar-refractivity contribution is -0.142. The number of esters is 1. The molecule has 0 unspecified atom stereocenters. The van der Waals surface area contributed by atoms with Gasteiger partial charge in [-0.25, -0.2) is 13.4 Å². The number of nitrogens with one attached hydrogen (secondary N) is 3. The summed E-state index contributed by atoms with van der Waals surface area (Å²) in [7, 11) is -2.59. The first-order chi connectivity index (χ1) is 9.53. The van der Waals surface area contributed by atoms with Crippen molar-refractivity contribution in [1.82, 2.24) is 19.7 Å². The molecule has 0 aromatic carbocycles. The van der Waals surface area contributed by atoms with Crippen molar-refractivity contribution in [3.05, 3.63) is 36.7 Å². The summed E-state index contributed by atoms with van der Waals surface area (Å²) in [6.45, 7) is 0. The van der Waals surface area contributed by atoms with E-state index in [1.165, 1.54) is 38.1 Å². The van der Waals surface area contributed by atoms with Crippen LogP contribution in [-0.4, -0.2) is 42.5 Å². The number of imidazole rings is 1. The van der Waals surface area contributed by atoms with E-state index in [0.29, 0.717) is 5.69 Å². The molecule has 3 N–H and O–H groups in total. The van der Waals surface area contributed by atoms with Gasteiger partial charge in [-0.3, -0.25) is 4.79 Å². The lowest BCUT2D eigenvalue weighted by Gasteiger charge is -2.15. The fourth-order valence-electron chi connectivity index (χ4n) is 1.66. The SMILES string of the molecule is COC(=O)[C@H](Cc1cnc[nH]1)NS(=O)(=O)c1cc[nH]c1. The molecule has 0 saturated heterocycles. The van der Waals surface area contributed by atoms with Crippen molar-refractivity contribution in [3.63, 3.8) is 0 Å². The van der Waals surface area contributed by atoms with Gasteiger partial charge in [-0.05, 0) is 6.07 Å². The van der Waals surface area contributed by atoms with E-state index < -0.39 is 22.0 Å². The zero-order chi connectivity index (χ0) is 14.6. The highest BCUT2D eigenvalue weighted by Gasteiger charge is 2.27. The van der Waals surface area contributed by atoms with E-state index in [1.807, 2.05) is 0 Å². The second-order valence-corrected chi connectivity index (χ2v) is 5.74. The van der Waals surface area contributed by atoms with Gasteiger partial charge in [-0.2, -0.15) is 4.72 Å². The van der Waals surface area contributed by atoms with Gasteiger partial charge in [0.05, 0.1) is 18.3 Å². The zero-order valence-electron chi connectivity index (χ0n) is 10.7. The standard InChI is InChI=1S/C11H14N4O4S/c1-19-11(16)10(4-8-5-13-7-14-8)15-20(17,18)9-2-3-12-6-9/h2-3,5-7,10,12,15H,4H2,1H3,(H,13,14)/t10-/m0/s1. The second-order valence-electron chi connectivity index (χ2n) is 4.02. The number of aromatic amines is 2. The van der Waals surface area contributed by atoms with Gasteiger partial charge in [-0.15, -0.1) is 0 Å². The van der Waals surface area contributed by atoms with Gasteiger partial charge in [0.2, 0.25) is 10.0 Å². The third-order valence-corrected chi connectivity index (χ3v) is 4.11. The Labute approximate surface area is 115 Å². The molecule has 0 bridgehead atoms. The van der Waals surface area contributed by atoms with Crippen LogP contribution in [0.4, 0.5) is 0 Å². The van der Waals surface area contributed by atoms with E-state index in [0.717, 1.165) is 0 Å². The topological polar surface area (TPSA) is 117 Å². The summed E-state index contributed by atoms with van der Waals surface area (Å²) in [6.07, 6.45) is 5.89. The maximum atomic E-state index is 12.1. The maximum Gasteiger partial charge on any atom is 0.324 e. The van der Waals surface area contributed by atoms with E-state index in [4.69, 9.17) is 0 Å². The number of sulfonamides is 1. The Balaban J connectivity index is 2.18. The summed E-state index contributed by atoms with van der Waals surface area (Å²) in [5.74, 6) is -0.668. The molecule has 0 aliphatic heterocycles. The van der Waals surface area contributed by atoms with Gasteiger partial charge < -0.3 is 14.7 Å². The fourth-order valence-corrected chi connectivity index (χ4v) is 2.82. The first-order valence-corrected chi connectivity index (χ1v) is 7.21. The van der Waals surface area contributed by atoms with Gasteiger partial charge in [0.25, 0.3) is 0 Å². The average molecular weight is 298 g/mol. The Morgan fingerprint density at radius 1 is 1.55 bits per heavy atom. The van der Waals surface area contributed by atoms with E-state index in [1.54, 1.807) is 0 Å². The Morgan fingerprint density at radius 2 is 2.35 bits per heavy atom. The number of nitrogens with zero attached hydrogens (tertiary/aromatic N) is 1. The fraction of sp³-hybridized carbons (Fsp3) is 0.273. The molecule has 2 aromatic heterocycles. The highest BCUT2D eigenvalue weighted by Crippen LogP contribution is 2.09. The highest BCUT2D eigenvalue weighted by molar-refractivity contribution is 7.89. The molecule has 20 heavy (non-hydrogen) atoms. The van der Waals surface area contributed by atoms with Crippen molar-refractivity contribution < 1.29 is 17.9 Å². The van der Waals surface area contributed by atoms with Crippen LogP contribution in [0.25, 0.3) is 0 Å². The first-order valence-electron chi connectivity index (χ1n) is 5.73. The number of H-pyrrole nitrogens is 2. The molecule has 108 valence electrons. The predicted octanol–water partition coefficient (Wildman–Crippen LogP) is -0.200. The number of aromatic nitrogens is 3. The largest absolute Gasteiger partial charge is 0.468 e. The van der Waals surface area contributed by atoms with Crippen molar-refractivity contribution in [2.45, 2.75) is 17.4 Å². The number of carbonyl (C=O) groups excluding carboxylic acids is 1. The molecule has 0 radical (unpaired) electrons. The van der Waals surface area contributed by atoms with E-state index in [-0.39, 0.29) is 11.3 Å². The molecule has 1 atom stereocenters. The van der Waals surface area contributed by atoms with Crippen LogP contribution < -0.4 is 4.72 Å². The molecule has 0 spiro atoms. The van der Waals surface area contributed by atoms with Gasteiger partial charge in [0.1, 0.15) is 6.04 Å². The number of hydrogen-bond acceptors (Lipinski definition) is 5. The Bertz CT molecular complexity index is 649. The summed E-state index contributed by atoms with van der Waals surface area (Å²) >= 11 is 0. The van der Waals surface area contributed by atoms with Crippen LogP contribution in [0, 0.1) is 0 Å². The smallest absolute Gasteiger partial charge is 0.324 e. The molecule has 0 amide bonds. The number of carbonyl (C=O) groups is 1. The minimum atomic E-state index is -3.79. The molecule has 2 rings (SSSR count). The van der Waals surface area contributed by atoms with Crippen LogP contribution in [0.1, 0.15) is 5.69 Å². The Kier molecular flexibility index (Phi) is 4.20. The molecule has 9 heteroatoms. The van der Waals surface area contributed by atoms with Crippen molar-refractivity contribution in [2.24, 2.45) is 0 Å².